The fourth-order valence-corrected chi connectivity index (χ4v) is 3.51. The van der Waals surface area contributed by atoms with Crippen LogP contribution in [0, 0.1) is 3.57 Å². The van der Waals surface area contributed by atoms with E-state index in [1.807, 2.05) is 42.5 Å². The lowest BCUT2D eigenvalue weighted by Crippen LogP contribution is -1.90. The van der Waals surface area contributed by atoms with Gasteiger partial charge in [-0.25, -0.2) is 0 Å². The van der Waals surface area contributed by atoms with E-state index in [1.54, 1.807) is 0 Å². The molecular weight excluding hydrogens is 511 g/mol. The first-order chi connectivity index (χ1) is 10.1. The molecule has 0 saturated heterocycles. The second kappa shape index (κ2) is 6.10. The van der Waals surface area contributed by atoms with Gasteiger partial charge >= 0.3 is 0 Å². The molecule has 0 aliphatic heterocycles. The summed E-state index contributed by atoms with van der Waals surface area (Å²) in [5.41, 5.74) is 8.75. The zero-order valence-electron chi connectivity index (χ0n) is 10.6. The summed E-state index contributed by atoms with van der Waals surface area (Å²) in [6.45, 7) is 0. The van der Waals surface area contributed by atoms with Crippen LogP contribution in [0.3, 0.4) is 0 Å². The van der Waals surface area contributed by atoms with E-state index in [0.717, 1.165) is 29.2 Å². The van der Waals surface area contributed by atoms with Crippen molar-refractivity contribution in [2.45, 2.75) is 0 Å². The summed E-state index contributed by atoms with van der Waals surface area (Å²) in [4.78, 5) is 0. The van der Waals surface area contributed by atoms with Gasteiger partial charge in [0, 0.05) is 23.6 Å². The van der Waals surface area contributed by atoms with Crippen molar-refractivity contribution in [2.24, 2.45) is 0 Å². The van der Waals surface area contributed by atoms with Crippen LogP contribution in [0.1, 0.15) is 0 Å². The zero-order chi connectivity index (χ0) is 15.0. The third kappa shape index (κ3) is 2.89. The number of hydrogen-bond acceptors (Lipinski definition) is 3. The molecule has 0 spiro atoms. The van der Waals surface area contributed by atoms with Gasteiger partial charge < -0.3 is 10.3 Å². The quantitative estimate of drug-likeness (QED) is 0.441. The van der Waals surface area contributed by atoms with Crippen LogP contribution < -0.4 is 5.73 Å². The Morgan fingerprint density at radius 3 is 2.57 bits per heavy atom. The molecule has 0 aliphatic rings. The molecule has 0 aliphatic carbocycles. The van der Waals surface area contributed by atoms with Crippen molar-refractivity contribution in [2.75, 3.05) is 5.73 Å². The maximum atomic E-state index is 6.03. The van der Waals surface area contributed by atoms with Crippen LogP contribution in [0.5, 0.6) is 0 Å². The molecule has 0 atom stereocenters. The van der Waals surface area contributed by atoms with Crippen molar-refractivity contribution in [1.29, 1.82) is 0 Å². The highest BCUT2D eigenvalue weighted by Gasteiger charge is 2.21. The minimum absolute atomic E-state index is 0.382. The Morgan fingerprint density at radius 1 is 1.05 bits per heavy atom. The molecule has 3 nitrogen and oxygen atoms in total. The van der Waals surface area contributed by atoms with E-state index in [9.17, 15) is 0 Å². The third-order valence-corrected chi connectivity index (χ3v) is 5.16. The lowest BCUT2D eigenvalue weighted by Gasteiger charge is -2.07. The van der Waals surface area contributed by atoms with Crippen LogP contribution in [-0.4, -0.2) is 5.16 Å². The standard InChI is InChI=1S/C15H9Br2IN2O/c16-8-5-6-12(18)10(7-8)14-13(15(19)20-21-14)9-3-1-2-4-11(9)17/h1-7H,(H2,19,20). The number of nitrogens with two attached hydrogens (primary N) is 1. The van der Waals surface area contributed by atoms with Crippen LogP contribution in [0.25, 0.3) is 22.5 Å². The van der Waals surface area contributed by atoms with E-state index in [2.05, 4.69) is 59.6 Å². The smallest absolute Gasteiger partial charge is 0.178 e. The molecule has 0 amide bonds. The molecule has 0 saturated carbocycles. The number of nitrogen functional groups attached to an aromatic ring is 1. The summed E-state index contributed by atoms with van der Waals surface area (Å²) in [7, 11) is 0. The molecule has 0 radical (unpaired) electrons. The molecule has 0 fully saturated rings. The van der Waals surface area contributed by atoms with Crippen molar-refractivity contribution < 1.29 is 4.52 Å². The Kier molecular flexibility index (Phi) is 4.37. The van der Waals surface area contributed by atoms with E-state index >= 15 is 0 Å². The van der Waals surface area contributed by atoms with E-state index in [1.165, 1.54) is 0 Å². The average Bonchev–Trinajstić information content (AvgIpc) is 2.84. The van der Waals surface area contributed by atoms with Gasteiger partial charge in [-0.3, -0.25) is 0 Å². The predicted octanol–water partition coefficient (Wildman–Crippen LogP) is 5.72. The Labute approximate surface area is 152 Å². The van der Waals surface area contributed by atoms with Crippen LogP contribution in [0.15, 0.2) is 55.9 Å². The van der Waals surface area contributed by atoms with Gasteiger partial charge in [-0.15, -0.1) is 0 Å². The lowest BCUT2D eigenvalue weighted by atomic mass is 10.0. The second-order valence-electron chi connectivity index (χ2n) is 4.38. The number of anilines is 1. The Bertz CT molecular complexity index is 817. The fourth-order valence-electron chi connectivity index (χ4n) is 2.08. The first-order valence-corrected chi connectivity index (χ1v) is 8.70. The van der Waals surface area contributed by atoms with E-state index < -0.39 is 0 Å². The predicted molar refractivity (Wildman–Crippen MR) is 99.9 cm³/mol. The number of aromatic nitrogens is 1. The lowest BCUT2D eigenvalue weighted by molar-refractivity contribution is 0.436. The van der Waals surface area contributed by atoms with Crippen molar-refractivity contribution in [3.63, 3.8) is 0 Å². The average molecular weight is 520 g/mol. The number of benzene rings is 2. The van der Waals surface area contributed by atoms with Crippen LogP contribution in [0.4, 0.5) is 5.82 Å². The van der Waals surface area contributed by atoms with Gasteiger partial charge in [0.1, 0.15) is 0 Å². The van der Waals surface area contributed by atoms with Crippen molar-refractivity contribution in [1.82, 2.24) is 5.16 Å². The summed E-state index contributed by atoms with van der Waals surface area (Å²) in [5.74, 6) is 1.05. The maximum absolute atomic E-state index is 6.03. The Balaban J connectivity index is 2.27. The van der Waals surface area contributed by atoms with E-state index in [4.69, 9.17) is 10.3 Å². The van der Waals surface area contributed by atoms with Gasteiger partial charge in [-0.1, -0.05) is 55.2 Å². The topological polar surface area (TPSA) is 52.0 Å². The Morgan fingerprint density at radius 2 is 1.81 bits per heavy atom. The monoisotopic (exact) mass is 518 g/mol. The highest BCUT2D eigenvalue weighted by atomic mass is 127. The molecule has 2 aromatic carbocycles. The molecule has 106 valence electrons. The van der Waals surface area contributed by atoms with Crippen LogP contribution in [0.2, 0.25) is 0 Å². The van der Waals surface area contributed by atoms with Gasteiger partial charge in [0.05, 0.1) is 5.56 Å². The summed E-state index contributed by atoms with van der Waals surface area (Å²) >= 11 is 9.32. The SMILES string of the molecule is Nc1noc(-c2cc(Br)ccc2I)c1-c1ccccc1Br. The summed E-state index contributed by atoms with van der Waals surface area (Å²) in [5, 5.41) is 3.94. The summed E-state index contributed by atoms with van der Waals surface area (Å²) in [6.07, 6.45) is 0. The molecule has 6 heteroatoms. The molecule has 2 N–H and O–H groups in total. The van der Waals surface area contributed by atoms with Crippen LogP contribution >= 0.6 is 54.5 Å². The first kappa shape index (κ1) is 15.1. The molecule has 1 aromatic heterocycles. The van der Waals surface area contributed by atoms with Crippen LogP contribution in [-0.2, 0) is 0 Å². The summed E-state index contributed by atoms with van der Waals surface area (Å²) in [6, 6.07) is 13.9. The zero-order valence-corrected chi connectivity index (χ0v) is 15.9. The molecule has 0 bridgehead atoms. The molecule has 0 unspecified atom stereocenters. The van der Waals surface area contributed by atoms with Gasteiger partial charge in [0.15, 0.2) is 11.6 Å². The van der Waals surface area contributed by atoms with Gasteiger partial charge in [0.25, 0.3) is 0 Å². The highest BCUT2D eigenvalue weighted by molar-refractivity contribution is 14.1. The maximum Gasteiger partial charge on any atom is 0.178 e. The minimum atomic E-state index is 0.382. The second-order valence-corrected chi connectivity index (χ2v) is 7.31. The highest BCUT2D eigenvalue weighted by Crippen LogP contribution is 2.41. The normalized spacial score (nSPS) is 10.8. The Hall–Kier alpha value is -0.860. The van der Waals surface area contributed by atoms with Crippen molar-refractivity contribution in [3.8, 4) is 22.5 Å². The van der Waals surface area contributed by atoms with E-state index in [-0.39, 0.29) is 0 Å². The van der Waals surface area contributed by atoms with Gasteiger partial charge in [-0.05, 0) is 46.9 Å². The summed E-state index contributed by atoms with van der Waals surface area (Å²) < 4.78 is 8.50. The number of rotatable bonds is 2. The molecule has 1 heterocycles. The number of nitrogens with zero attached hydrogens (tertiary/aromatic N) is 1. The van der Waals surface area contributed by atoms with Crippen molar-refractivity contribution >= 4 is 60.3 Å². The molecular formula is C15H9Br2IN2O. The van der Waals surface area contributed by atoms with Gasteiger partial charge in [-0.2, -0.15) is 0 Å². The van der Waals surface area contributed by atoms with Crippen molar-refractivity contribution in [3.05, 3.63) is 55.0 Å². The van der Waals surface area contributed by atoms with E-state index in [0.29, 0.717) is 11.6 Å². The molecule has 21 heavy (non-hydrogen) atoms. The minimum Gasteiger partial charge on any atom is -0.380 e. The molecule has 3 aromatic rings. The largest absolute Gasteiger partial charge is 0.380 e. The number of halogens is 3. The number of hydrogen-bond donors (Lipinski definition) is 1. The first-order valence-electron chi connectivity index (χ1n) is 6.03. The third-order valence-electron chi connectivity index (χ3n) is 3.03. The van der Waals surface area contributed by atoms with Gasteiger partial charge in [0.2, 0.25) is 0 Å². The fraction of sp³-hybridized carbons (Fsp3) is 0. The molecule has 3 rings (SSSR count).